The van der Waals surface area contributed by atoms with E-state index < -0.39 is 5.97 Å². The van der Waals surface area contributed by atoms with Crippen molar-refractivity contribution in [2.24, 2.45) is 5.92 Å². The maximum absolute atomic E-state index is 12.6. The molecule has 134 valence electrons. The molecule has 0 radical (unpaired) electrons. The molecule has 0 bridgehead atoms. The quantitative estimate of drug-likeness (QED) is 0.736. The molecule has 3 N–H and O–H groups in total. The molecule has 3 rings (SSSR count). The number of benzene rings is 1. The van der Waals surface area contributed by atoms with Gasteiger partial charge in [0.1, 0.15) is 5.69 Å². The third kappa shape index (κ3) is 3.69. The Balaban J connectivity index is 1.86. The van der Waals surface area contributed by atoms with Crippen molar-refractivity contribution < 1.29 is 19.2 Å². The van der Waals surface area contributed by atoms with Crippen molar-refractivity contribution in [2.75, 3.05) is 32.1 Å². The Hall–Kier alpha value is -2.34. The Labute approximate surface area is 147 Å². The van der Waals surface area contributed by atoms with Crippen molar-refractivity contribution in [1.82, 2.24) is 4.98 Å². The maximum atomic E-state index is 12.6. The Morgan fingerprint density at radius 1 is 1.40 bits per heavy atom. The lowest BCUT2D eigenvalue weighted by molar-refractivity contribution is -0.900. The maximum Gasteiger partial charge on any atom is 0.356 e. The minimum absolute atomic E-state index is 0.0709. The van der Waals surface area contributed by atoms with E-state index in [2.05, 4.69) is 17.2 Å². The van der Waals surface area contributed by atoms with E-state index in [0.717, 1.165) is 36.0 Å². The number of amides is 1. The lowest BCUT2D eigenvalue weighted by Gasteiger charge is -2.27. The number of esters is 1. The lowest BCUT2D eigenvalue weighted by atomic mass is 10.0. The van der Waals surface area contributed by atoms with Crippen LogP contribution in [0, 0.1) is 12.8 Å². The number of H-pyrrole nitrogens is 1. The minimum Gasteiger partial charge on any atom is -0.464 e. The number of carbonyl (C=O) groups excluding carboxylic acids is 2. The normalized spacial score (nSPS) is 20.4. The van der Waals surface area contributed by atoms with Crippen molar-refractivity contribution in [3.05, 3.63) is 29.5 Å². The Bertz CT molecular complexity index is 797. The van der Waals surface area contributed by atoms with Gasteiger partial charge in [0.05, 0.1) is 25.9 Å². The van der Waals surface area contributed by atoms with Crippen LogP contribution in [0.1, 0.15) is 35.8 Å². The number of methoxy groups -OCH3 is 1. The predicted molar refractivity (Wildman–Crippen MR) is 97.0 cm³/mol. The molecule has 2 atom stereocenters. The first-order valence-corrected chi connectivity index (χ1v) is 8.82. The topological polar surface area (TPSA) is 75.6 Å². The number of likely N-dealkylation sites (tertiary alicyclic amines) is 1. The minimum atomic E-state index is -0.482. The van der Waals surface area contributed by atoms with Gasteiger partial charge in [0.15, 0.2) is 6.54 Å². The van der Waals surface area contributed by atoms with Crippen LogP contribution in [0.4, 0.5) is 5.69 Å². The van der Waals surface area contributed by atoms with Crippen LogP contribution in [0.25, 0.3) is 10.9 Å². The zero-order valence-electron chi connectivity index (χ0n) is 15.1. The van der Waals surface area contributed by atoms with Crippen LogP contribution in [0.15, 0.2) is 18.2 Å². The summed E-state index contributed by atoms with van der Waals surface area (Å²) in [6.07, 6.45) is 2.39. The Morgan fingerprint density at radius 3 is 2.92 bits per heavy atom. The molecule has 1 aromatic heterocycles. The number of nitrogens with one attached hydrogen (secondary N) is 3. The zero-order chi connectivity index (χ0) is 18.0. The molecule has 2 aromatic rings. The number of anilines is 1. The molecular weight excluding hydrogens is 318 g/mol. The summed E-state index contributed by atoms with van der Waals surface area (Å²) < 4.78 is 4.87. The van der Waals surface area contributed by atoms with Gasteiger partial charge in [-0.2, -0.15) is 0 Å². The van der Waals surface area contributed by atoms with Crippen molar-refractivity contribution in [3.8, 4) is 0 Å². The van der Waals surface area contributed by atoms with Crippen LogP contribution in [0.3, 0.4) is 0 Å². The highest BCUT2D eigenvalue weighted by atomic mass is 16.5. The number of hydrogen-bond donors (Lipinski definition) is 3. The van der Waals surface area contributed by atoms with E-state index in [9.17, 15) is 9.59 Å². The summed E-state index contributed by atoms with van der Waals surface area (Å²) in [5, 5.41) is 3.82. The van der Waals surface area contributed by atoms with Crippen molar-refractivity contribution >= 4 is 28.5 Å². The molecule has 1 aliphatic heterocycles. The van der Waals surface area contributed by atoms with E-state index in [0.29, 0.717) is 23.8 Å². The van der Waals surface area contributed by atoms with Gasteiger partial charge in [-0.15, -0.1) is 0 Å². The average molecular weight is 344 g/mol. The van der Waals surface area contributed by atoms with E-state index >= 15 is 0 Å². The summed E-state index contributed by atoms with van der Waals surface area (Å²) in [5.41, 5.74) is 2.63. The van der Waals surface area contributed by atoms with Gasteiger partial charge < -0.3 is 19.9 Å². The number of aromatic amines is 1. The van der Waals surface area contributed by atoms with Gasteiger partial charge in [-0.05, 0) is 31.4 Å². The smallest absolute Gasteiger partial charge is 0.356 e. The summed E-state index contributed by atoms with van der Waals surface area (Å²) in [6, 6.07) is 5.77. The highest BCUT2D eigenvalue weighted by molar-refractivity contribution is 6.12. The second-order valence-electron chi connectivity index (χ2n) is 7.04. The molecular formula is C19H26N3O3+. The number of hydrogen-bond acceptors (Lipinski definition) is 3. The molecule has 0 spiro atoms. The predicted octanol–water partition coefficient (Wildman–Crippen LogP) is 1.52. The first-order valence-electron chi connectivity index (χ1n) is 8.82. The van der Waals surface area contributed by atoms with Gasteiger partial charge in [-0.25, -0.2) is 4.79 Å². The van der Waals surface area contributed by atoms with Gasteiger partial charge in [-0.3, -0.25) is 4.79 Å². The fraction of sp³-hybridized carbons (Fsp3) is 0.474. The van der Waals surface area contributed by atoms with Crippen molar-refractivity contribution in [2.45, 2.75) is 26.7 Å². The third-order valence-electron chi connectivity index (χ3n) is 4.96. The van der Waals surface area contributed by atoms with E-state index in [-0.39, 0.29) is 5.91 Å². The molecule has 6 nitrogen and oxygen atoms in total. The lowest BCUT2D eigenvalue weighted by Crippen LogP contribution is -3.14. The van der Waals surface area contributed by atoms with Crippen LogP contribution in [0.5, 0.6) is 0 Å². The Kier molecular flexibility index (Phi) is 5.08. The molecule has 0 saturated carbocycles. The number of rotatable bonds is 4. The zero-order valence-corrected chi connectivity index (χ0v) is 15.1. The van der Waals surface area contributed by atoms with Crippen LogP contribution in [-0.4, -0.2) is 43.6 Å². The Morgan fingerprint density at radius 2 is 2.20 bits per heavy atom. The molecule has 6 heteroatoms. The number of fused-ring (bicyclic) bond motifs is 1. The second kappa shape index (κ2) is 7.27. The molecule has 0 aliphatic carbocycles. The molecule has 1 fully saturated rings. The van der Waals surface area contributed by atoms with Crippen molar-refractivity contribution in [1.29, 1.82) is 0 Å². The first kappa shape index (κ1) is 17.5. The number of aryl methyl sites for hydroxylation is 1. The van der Waals surface area contributed by atoms with E-state index in [1.165, 1.54) is 18.4 Å². The van der Waals surface area contributed by atoms with Gasteiger partial charge in [0.25, 0.3) is 5.91 Å². The van der Waals surface area contributed by atoms with Gasteiger partial charge in [-0.1, -0.05) is 19.1 Å². The number of ether oxygens (including phenoxy) is 1. The SMILES string of the molecule is COC(=O)c1[nH]c2cccc(C)c2c1NC(=O)C[NH+]1CCC[C@H](C)C1. The van der Waals surface area contributed by atoms with E-state index in [1.54, 1.807) is 0 Å². The first-order chi connectivity index (χ1) is 12.0. The molecule has 25 heavy (non-hydrogen) atoms. The van der Waals surface area contributed by atoms with Gasteiger partial charge in [0, 0.05) is 16.8 Å². The summed E-state index contributed by atoms with van der Waals surface area (Å²) in [6.45, 7) is 6.65. The molecule has 2 heterocycles. The van der Waals surface area contributed by atoms with Gasteiger partial charge in [0.2, 0.25) is 0 Å². The summed E-state index contributed by atoms with van der Waals surface area (Å²) >= 11 is 0. The van der Waals surface area contributed by atoms with Crippen LogP contribution < -0.4 is 10.2 Å². The highest BCUT2D eigenvalue weighted by Crippen LogP contribution is 2.31. The largest absolute Gasteiger partial charge is 0.464 e. The molecule has 1 aliphatic rings. The van der Waals surface area contributed by atoms with E-state index in [4.69, 9.17) is 4.74 Å². The summed E-state index contributed by atoms with van der Waals surface area (Å²) in [4.78, 5) is 29.1. The number of piperidine rings is 1. The molecule has 1 aromatic carbocycles. The van der Waals surface area contributed by atoms with E-state index in [1.807, 2.05) is 25.1 Å². The van der Waals surface area contributed by atoms with Crippen LogP contribution in [-0.2, 0) is 9.53 Å². The third-order valence-corrected chi connectivity index (χ3v) is 4.96. The second-order valence-corrected chi connectivity index (χ2v) is 7.04. The monoisotopic (exact) mass is 344 g/mol. The van der Waals surface area contributed by atoms with Crippen molar-refractivity contribution in [3.63, 3.8) is 0 Å². The highest BCUT2D eigenvalue weighted by Gasteiger charge is 2.25. The van der Waals surface area contributed by atoms with Crippen LogP contribution >= 0.6 is 0 Å². The van der Waals surface area contributed by atoms with Crippen LogP contribution in [0.2, 0.25) is 0 Å². The number of quaternary nitrogens is 1. The summed E-state index contributed by atoms with van der Waals surface area (Å²) in [7, 11) is 1.34. The summed E-state index contributed by atoms with van der Waals surface area (Å²) in [5.74, 6) is 0.0979. The standard InChI is InChI=1S/C19H25N3O3/c1-12-6-5-9-22(10-12)11-15(23)21-17-16-13(2)7-4-8-14(16)20-18(17)19(24)25-3/h4,7-8,12,20H,5-6,9-11H2,1-3H3,(H,21,23)/p+1/t12-/m0/s1. The van der Waals surface area contributed by atoms with Gasteiger partial charge >= 0.3 is 5.97 Å². The number of carbonyl (C=O) groups is 2. The number of aromatic nitrogens is 1. The fourth-order valence-electron chi connectivity index (χ4n) is 3.77. The average Bonchev–Trinajstić information content (AvgIpc) is 2.94. The molecule has 1 unspecified atom stereocenters. The fourth-order valence-corrected chi connectivity index (χ4v) is 3.77. The molecule has 1 amide bonds. The molecule has 1 saturated heterocycles.